The Morgan fingerprint density at radius 2 is 1.64 bits per heavy atom. The summed E-state index contributed by atoms with van der Waals surface area (Å²) in [6.45, 7) is 6.84. The molecule has 0 spiro atoms. The summed E-state index contributed by atoms with van der Waals surface area (Å²) in [6, 6.07) is 0. The lowest BCUT2D eigenvalue weighted by Crippen LogP contribution is -2.25. The van der Waals surface area contributed by atoms with Crippen LogP contribution in [-0.4, -0.2) is 10.7 Å². The Morgan fingerprint density at radius 3 is 1.73 bits per heavy atom. The molecule has 0 unspecified atom stereocenters. The first-order chi connectivity index (χ1) is 5.10. The van der Waals surface area contributed by atoms with E-state index in [0.29, 0.717) is 5.41 Å². The van der Waals surface area contributed by atoms with Gasteiger partial charge in [0.05, 0.1) is 0 Å². The molecule has 0 aromatic carbocycles. The quantitative estimate of drug-likeness (QED) is 0.664. The van der Waals surface area contributed by atoms with Crippen molar-refractivity contribution in [1.29, 1.82) is 0 Å². The second-order valence-electron chi connectivity index (χ2n) is 3.72. The Kier molecular flexibility index (Phi) is 6.07. The van der Waals surface area contributed by atoms with Gasteiger partial charge in [-0.25, -0.2) is 0 Å². The highest BCUT2D eigenvalue weighted by Gasteiger charge is 2.26. The van der Waals surface area contributed by atoms with Gasteiger partial charge < -0.3 is 0 Å². The number of alkyl halides is 2. The first-order valence-corrected chi connectivity index (χ1v) is 6.46. The fraction of sp³-hybridized carbons (Fsp3) is 1.00. The predicted molar refractivity (Wildman–Crippen MR) is 59.8 cm³/mol. The second-order valence-corrected chi connectivity index (χ2v) is 4.84. The lowest BCUT2D eigenvalue weighted by molar-refractivity contribution is 0.296. The minimum atomic E-state index is 0.480. The van der Waals surface area contributed by atoms with E-state index in [-0.39, 0.29) is 0 Å². The van der Waals surface area contributed by atoms with Crippen LogP contribution in [0.4, 0.5) is 0 Å². The van der Waals surface area contributed by atoms with Crippen LogP contribution in [0, 0.1) is 11.3 Å². The molecular formula is C9H18Br2. The molecule has 11 heavy (non-hydrogen) atoms. The van der Waals surface area contributed by atoms with E-state index in [4.69, 9.17) is 0 Å². The fourth-order valence-electron chi connectivity index (χ4n) is 1.34. The van der Waals surface area contributed by atoms with Gasteiger partial charge in [-0.1, -0.05) is 52.6 Å². The van der Waals surface area contributed by atoms with E-state index >= 15 is 0 Å². The highest BCUT2D eigenvalue weighted by molar-refractivity contribution is 9.09. The monoisotopic (exact) mass is 284 g/mol. The Morgan fingerprint density at radius 1 is 1.18 bits per heavy atom. The second kappa shape index (κ2) is 5.58. The molecule has 0 aromatic heterocycles. The highest BCUT2D eigenvalue weighted by Crippen LogP contribution is 2.34. The van der Waals surface area contributed by atoms with Crippen molar-refractivity contribution in [1.82, 2.24) is 0 Å². The molecule has 0 atom stereocenters. The van der Waals surface area contributed by atoms with Crippen molar-refractivity contribution < 1.29 is 0 Å². The van der Waals surface area contributed by atoms with Crippen LogP contribution in [-0.2, 0) is 0 Å². The van der Waals surface area contributed by atoms with Crippen LogP contribution in [0.1, 0.15) is 33.6 Å². The summed E-state index contributed by atoms with van der Waals surface area (Å²) in [6.07, 6.45) is 2.56. The van der Waals surface area contributed by atoms with Crippen LogP contribution < -0.4 is 0 Å². The zero-order valence-electron chi connectivity index (χ0n) is 7.66. The van der Waals surface area contributed by atoms with Crippen LogP contribution in [0.15, 0.2) is 0 Å². The molecular weight excluding hydrogens is 268 g/mol. The molecule has 2 heteroatoms. The molecule has 0 N–H and O–H groups in total. The van der Waals surface area contributed by atoms with Crippen molar-refractivity contribution in [3.8, 4) is 0 Å². The average Bonchev–Trinajstić information content (AvgIpc) is 2.00. The van der Waals surface area contributed by atoms with E-state index in [1.807, 2.05) is 0 Å². The summed E-state index contributed by atoms with van der Waals surface area (Å²) < 4.78 is 0. The molecule has 0 fully saturated rings. The van der Waals surface area contributed by atoms with Gasteiger partial charge in [0.1, 0.15) is 0 Å². The Bertz CT molecular complexity index is 87.5. The standard InChI is InChI=1S/C9H18Br2/c1-4-9(6-10,7-11)5-8(2)3/h8H,4-7H2,1-3H3. The van der Waals surface area contributed by atoms with Gasteiger partial charge in [-0.15, -0.1) is 0 Å². The minimum Gasteiger partial charge on any atom is -0.0922 e. The molecule has 0 aliphatic carbocycles. The van der Waals surface area contributed by atoms with Crippen molar-refractivity contribution in [2.24, 2.45) is 11.3 Å². The van der Waals surface area contributed by atoms with Gasteiger partial charge in [-0.05, 0) is 24.2 Å². The Hall–Kier alpha value is 0.960. The summed E-state index contributed by atoms with van der Waals surface area (Å²) in [4.78, 5) is 0. The van der Waals surface area contributed by atoms with Gasteiger partial charge in [0.15, 0.2) is 0 Å². The summed E-state index contributed by atoms with van der Waals surface area (Å²) in [5.41, 5.74) is 0.480. The maximum Gasteiger partial charge on any atom is 0.00959 e. The number of hydrogen-bond donors (Lipinski definition) is 0. The molecule has 0 saturated heterocycles. The molecule has 0 nitrogen and oxygen atoms in total. The molecule has 0 heterocycles. The molecule has 0 aliphatic heterocycles. The number of hydrogen-bond acceptors (Lipinski definition) is 0. The third-order valence-electron chi connectivity index (χ3n) is 2.16. The van der Waals surface area contributed by atoms with Gasteiger partial charge in [-0.2, -0.15) is 0 Å². The van der Waals surface area contributed by atoms with Crippen LogP contribution in [0.25, 0.3) is 0 Å². The van der Waals surface area contributed by atoms with Crippen LogP contribution in [0.5, 0.6) is 0 Å². The predicted octanol–water partition coefficient (Wildman–Crippen LogP) is 4.22. The maximum atomic E-state index is 3.59. The summed E-state index contributed by atoms with van der Waals surface area (Å²) in [5.74, 6) is 0.796. The molecule has 0 saturated carbocycles. The number of halogens is 2. The maximum absolute atomic E-state index is 3.59. The first kappa shape index (κ1) is 12.0. The normalized spacial score (nSPS) is 12.5. The van der Waals surface area contributed by atoms with Gasteiger partial charge in [0.25, 0.3) is 0 Å². The molecule has 0 amide bonds. The molecule has 0 bridgehead atoms. The fourth-order valence-corrected chi connectivity index (χ4v) is 3.52. The van der Waals surface area contributed by atoms with Crippen LogP contribution in [0.2, 0.25) is 0 Å². The largest absolute Gasteiger partial charge is 0.0922 e. The third-order valence-corrected chi connectivity index (χ3v) is 4.54. The molecule has 0 radical (unpaired) electrons. The number of rotatable bonds is 5. The lowest BCUT2D eigenvalue weighted by Gasteiger charge is -2.30. The first-order valence-electron chi connectivity index (χ1n) is 4.22. The van der Waals surface area contributed by atoms with Crippen molar-refractivity contribution in [3.63, 3.8) is 0 Å². The summed E-state index contributed by atoms with van der Waals surface area (Å²) in [5, 5.41) is 2.22. The van der Waals surface area contributed by atoms with E-state index in [1.54, 1.807) is 0 Å². The van der Waals surface area contributed by atoms with Crippen LogP contribution >= 0.6 is 31.9 Å². The van der Waals surface area contributed by atoms with E-state index in [9.17, 15) is 0 Å². The Balaban J connectivity index is 4.05. The van der Waals surface area contributed by atoms with E-state index < -0.39 is 0 Å². The van der Waals surface area contributed by atoms with Gasteiger partial charge in [0.2, 0.25) is 0 Å². The molecule has 0 rings (SSSR count). The molecule has 0 aliphatic rings. The van der Waals surface area contributed by atoms with E-state index in [2.05, 4.69) is 52.6 Å². The highest BCUT2D eigenvalue weighted by atomic mass is 79.9. The van der Waals surface area contributed by atoms with Gasteiger partial charge >= 0.3 is 0 Å². The van der Waals surface area contributed by atoms with E-state index in [1.165, 1.54) is 12.8 Å². The summed E-state index contributed by atoms with van der Waals surface area (Å²) >= 11 is 7.18. The summed E-state index contributed by atoms with van der Waals surface area (Å²) in [7, 11) is 0. The van der Waals surface area contributed by atoms with Gasteiger partial charge in [-0.3, -0.25) is 0 Å². The topological polar surface area (TPSA) is 0 Å². The minimum absolute atomic E-state index is 0.480. The van der Waals surface area contributed by atoms with Crippen LogP contribution in [0.3, 0.4) is 0 Å². The molecule has 68 valence electrons. The smallest absolute Gasteiger partial charge is 0.00959 e. The third kappa shape index (κ3) is 3.93. The molecule has 0 aromatic rings. The van der Waals surface area contributed by atoms with Crippen molar-refractivity contribution in [2.45, 2.75) is 33.6 Å². The Labute approximate surface area is 87.4 Å². The van der Waals surface area contributed by atoms with Crippen molar-refractivity contribution in [2.75, 3.05) is 10.7 Å². The van der Waals surface area contributed by atoms with E-state index in [0.717, 1.165) is 16.6 Å². The van der Waals surface area contributed by atoms with Crippen molar-refractivity contribution in [3.05, 3.63) is 0 Å². The lowest BCUT2D eigenvalue weighted by atomic mass is 9.82. The van der Waals surface area contributed by atoms with Crippen molar-refractivity contribution >= 4 is 31.9 Å². The van der Waals surface area contributed by atoms with Gasteiger partial charge in [0, 0.05) is 10.7 Å². The average molecular weight is 286 g/mol. The zero-order chi connectivity index (χ0) is 8.91. The SMILES string of the molecule is CCC(CBr)(CBr)CC(C)C. The zero-order valence-corrected chi connectivity index (χ0v) is 10.8.